The standard InChI is InChI=1S/C13H17N3O2/c1-2-8-14-10(4-1)6-7-12-15-16-13(18-12)11-5-3-9-17-11/h3,5,9-10,14H,1-2,4,6-8H2. The lowest BCUT2D eigenvalue weighted by atomic mass is 10.0. The highest BCUT2D eigenvalue weighted by Crippen LogP contribution is 2.19. The third kappa shape index (κ3) is 2.61. The topological polar surface area (TPSA) is 64.1 Å². The zero-order valence-electron chi connectivity index (χ0n) is 10.3. The van der Waals surface area contributed by atoms with Crippen LogP contribution in [0.2, 0.25) is 0 Å². The maximum absolute atomic E-state index is 5.58. The lowest BCUT2D eigenvalue weighted by molar-refractivity contribution is 0.368. The predicted molar refractivity (Wildman–Crippen MR) is 66.0 cm³/mol. The van der Waals surface area contributed by atoms with Crippen LogP contribution in [0.5, 0.6) is 0 Å². The second kappa shape index (κ2) is 5.35. The summed E-state index contributed by atoms with van der Waals surface area (Å²) in [5.41, 5.74) is 0. The van der Waals surface area contributed by atoms with E-state index in [9.17, 15) is 0 Å². The van der Waals surface area contributed by atoms with Gasteiger partial charge in [-0.15, -0.1) is 10.2 Å². The van der Waals surface area contributed by atoms with Gasteiger partial charge in [-0.3, -0.25) is 0 Å². The number of aromatic nitrogens is 2. The van der Waals surface area contributed by atoms with Crippen LogP contribution in [0.3, 0.4) is 0 Å². The number of rotatable bonds is 4. The van der Waals surface area contributed by atoms with Crippen molar-refractivity contribution in [1.29, 1.82) is 0 Å². The molecule has 3 heterocycles. The van der Waals surface area contributed by atoms with E-state index in [1.165, 1.54) is 19.3 Å². The Kier molecular flexibility index (Phi) is 3.41. The third-order valence-electron chi connectivity index (χ3n) is 3.32. The minimum atomic E-state index is 0.464. The number of hydrogen-bond acceptors (Lipinski definition) is 5. The van der Waals surface area contributed by atoms with Crippen molar-refractivity contribution in [2.75, 3.05) is 6.54 Å². The molecule has 0 radical (unpaired) electrons. The Morgan fingerprint density at radius 3 is 3.11 bits per heavy atom. The zero-order valence-corrected chi connectivity index (χ0v) is 10.3. The molecule has 1 saturated heterocycles. The lowest BCUT2D eigenvalue weighted by Crippen LogP contribution is -2.34. The third-order valence-corrected chi connectivity index (χ3v) is 3.32. The average Bonchev–Trinajstić information content (AvgIpc) is 3.08. The summed E-state index contributed by atoms with van der Waals surface area (Å²) >= 11 is 0. The van der Waals surface area contributed by atoms with Crippen LogP contribution in [0.25, 0.3) is 11.7 Å². The second-order valence-corrected chi connectivity index (χ2v) is 4.66. The summed E-state index contributed by atoms with van der Waals surface area (Å²) in [5.74, 6) is 1.78. The van der Waals surface area contributed by atoms with Gasteiger partial charge in [0.15, 0.2) is 5.76 Å². The van der Waals surface area contributed by atoms with Crippen LogP contribution < -0.4 is 5.32 Å². The minimum Gasteiger partial charge on any atom is -0.459 e. The van der Waals surface area contributed by atoms with E-state index >= 15 is 0 Å². The van der Waals surface area contributed by atoms with Gasteiger partial charge >= 0.3 is 0 Å². The van der Waals surface area contributed by atoms with E-state index in [-0.39, 0.29) is 0 Å². The van der Waals surface area contributed by atoms with Gasteiger partial charge in [0.1, 0.15) is 0 Å². The number of hydrogen-bond donors (Lipinski definition) is 1. The first kappa shape index (κ1) is 11.5. The Labute approximate surface area is 106 Å². The van der Waals surface area contributed by atoms with Crippen molar-refractivity contribution in [2.45, 2.75) is 38.1 Å². The van der Waals surface area contributed by atoms with Crippen LogP contribution in [0.1, 0.15) is 31.6 Å². The Hall–Kier alpha value is -1.62. The van der Waals surface area contributed by atoms with Gasteiger partial charge in [-0.2, -0.15) is 0 Å². The van der Waals surface area contributed by atoms with Gasteiger partial charge in [-0.05, 0) is 37.9 Å². The van der Waals surface area contributed by atoms with Crippen molar-refractivity contribution in [3.63, 3.8) is 0 Å². The molecule has 5 nitrogen and oxygen atoms in total. The summed E-state index contributed by atoms with van der Waals surface area (Å²) in [6.07, 6.45) is 7.34. The SMILES string of the molecule is c1coc(-c2nnc(CCC3CCCCN3)o2)c1. The molecule has 1 N–H and O–H groups in total. The molecule has 1 aliphatic rings. The second-order valence-electron chi connectivity index (χ2n) is 4.66. The molecule has 1 aliphatic heterocycles. The molecule has 0 spiro atoms. The quantitative estimate of drug-likeness (QED) is 0.898. The average molecular weight is 247 g/mol. The van der Waals surface area contributed by atoms with Gasteiger partial charge in [0.25, 0.3) is 5.89 Å². The van der Waals surface area contributed by atoms with Gasteiger partial charge in [0.2, 0.25) is 5.89 Å². The first-order valence-electron chi connectivity index (χ1n) is 6.51. The molecular formula is C13H17N3O2. The summed E-state index contributed by atoms with van der Waals surface area (Å²) in [7, 11) is 0. The molecule has 1 unspecified atom stereocenters. The summed E-state index contributed by atoms with van der Waals surface area (Å²) in [5, 5.41) is 11.6. The molecule has 1 fully saturated rings. The van der Waals surface area contributed by atoms with E-state index < -0.39 is 0 Å². The summed E-state index contributed by atoms with van der Waals surface area (Å²) < 4.78 is 10.8. The van der Waals surface area contributed by atoms with Crippen LogP contribution in [-0.4, -0.2) is 22.8 Å². The van der Waals surface area contributed by atoms with Crippen molar-refractivity contribution in [3.05, 3.63) is 24.3 Å². The van der Waals surface area contributed by atoms with E-state index in [0.717, 1.165) is 19.4 Å². The predicted octanol–water partition coefficient (Wildman–Crippen LogP) is 2.40. The Morgan fingerprint density at radius 1 is 1.33 bits per heavy atom. The van der Waals surface area contributed by atoms with Crippen molar-refractivity contribution in [3.8, 4) is 11.7 Å². The Morgan fingerprint density at radius 2 is 2.33 bits per heavy atom. The van der Waals surface area contributed by atoms with Gasteiger partial charge in [-0.1, -0.05) is 6.42 Å². The van der Waals surface area contributed by atoms with Crippen LogP contribution >= 0.6 is 0 Å². The molecule has 0 aliphatic carbocycles. The van der Waals surface area contributed by atoms with Crippen LogP contribution in [-0.2, 0) is 6.42 Å². The van der Waals surface area contributed by atoms with Crippen LogP contribution in [0.4, 0.5) is 0 Å². The Balaban J connectivity index is 1.57. The lowest BCUT2D eigenvalue weighted by Gasteiger charge is -2.22. The monoisotopic (exact) mass is 247 g/mol. The number of furan rings is 1. The molecule has 96 valence electrons. The number of nitrogens with zero attached hydrogens (tertiary/aromatic N) is 2. The molecule has 1 atom stereocenters. The number of nitrogens with one attached hydrogen (secondary N) is 1. The van der Waals surface area contributed by atoms with Gasteiger partial charge < -0.3 is 14.2 Å². The van der Waals surface area contributed by atoms with E-state index in [4.69, 9.17) is 8.83 Å². The van der Waals surface area contributed by atoms with Gasteiger partial charge in [0, 0.05) is 12.5 Å². The maximum Gasteiger partial charge on any atom is 0.283 e. The van der Waals surface area contributed by atoms with Crippen molar-refractivity contribution in [1.82, 2.24) is 15.5 Å². The Bertz CT molecular complexity index is 472. The van der Waals surface area contributed by atoms with Crippen molar-refractivity contribution >= 4 is 0 Å². The summed E-state index contributed by atoms with van der Waals surface area (Å²) in [6.45, 7) is 1.13. The van der Waals surface area contributed by atoms with E-state index in [0.29, 0.717) is 23.6 Å². The fourth-order valence-corrected chi connectivity index (χ4v) is 2.32. The van der Waals surface area contributed by atoms with E-state index in [2.05, 4.69) is 15.5 Å². The van der Waals surface area contributed by atoms with Crippen LogP contribution in [0.15, 0.2) is 27.2 Å². The molecular weight excluding hydrogens is 230 g/mol. The maximum atomic E-state index is 5.58. The van der Waals surface area contributed by atoms with Crippen molar-refractivity contribution in [2.24, 2.45) is 0 Å². The highest BCUT2D eigenvalue weighted by Gasteiger charge is 2.15. The fraction of sp³-hybridized carbons (Fsp3) is 0.538. The molecule has 5 heteroatoms. The van der Waals surface area contributed by atoms with Gasteiger partial charge in [0.05, 0.1) is 6.26 Å². The smallest absolute Gasteiger partial charge is 0.283 e. The number of aryl methyl sites for hydroxylation is 1. The fourth-order valence-electron chi connectivity index (χ4n) is 2.32. The highest BCUT2D eigenvalue weighted by atomic mass is 16.4. The molecule has 2 aromatic rings. The van der Waals surface area contributed by atoms with E-state index in [1.54, 1.807) is 6.26 Å². The normalized spacial score (nSPS) is 20.1. The molecule has 18 heavy (non-hydrogen) atoms. The molecule has 0 saturated carbocycles. The first-order valence-corrected chi connectivity index (χ1v) is 6.51. The molecule has 0 amide bonds. The molecule has 0 bridgehead atoms. The molecule has 2 aromatic heterocycles. The zero-order chi connectivity index (χ0) is 12.2. The first-order chi connectivity index (χ1) is 8.92. The summed E-state index contributed by atoms with van der Waals surface area (Å²) in [6, 6.07) is 4.23. The molecule has 3 rings (SSSR count). The van der Waals surface area contributed by atoms with Crippen LogP contribution in [0, 0.1) is 0 Å². The molecule has 0 aromatic carbocycles. The highest BCUT2D eigenvalue weighted by molar-refractivity contribution is 5.42. The van der Waals surface area contributed by atoms with Gasteiger partial charge in [-0.25, -0.2) is 0 Å². The van der Waals surface area contributed by atoms with E-state index in [1.807, 2.05) is 12.1 Å². The number of piperidine rings is 1. The van der Waals surface area contributed by atoms with Crippen molar-refractivity contribution < 1.29 is 8.83 Å². The minimum absolute atomic E-state index is 0.464. The summed E-state index contributed by atoms with van der Waals surface area (Å²) in [4.78, 5) is 0. The largest absolute Gasteiger partial charge is 0.459 e.